The van der Waals surface area contributed by atoms with Gasteiger partial charge in [-0.15, -0.1) is 0 Å². The fraction of sp³-hybridized carbons (Fsp3) is 0.778. The van der Waals surface area contributed by atoms with E-state index in [1.54, 1.807) is 4.90 Å². The lowest BCUT2D eigenvalue weighted by molar-refractivity contribution is -0.263. The summed E-state index contributed by atoms with van der Waals surface area (Å²) in [4.78, 5) is 5.70. The van der Waals surface area contributed by atoms with E-state index < -0.39 is 11.8 Å². The number of alkyl halides is 3. The zero-order valence-corrected chi connectivity index (χ0v) is 9.76. The fourth-order valence-electron chi connectivity index (χ4n) is 1.90. The van der Waals surface area contributed by atoms with Crippen molar-refractivity contribution in [2.75, 3.05) is 18.0 Å². The Labute approximate surface area is 100 Å². The van der Waals surface area contributed by atoms with Gasteiger partial charge in [0.2, 0.25) is 5.13 Å². The maximum atomic E-state index is 12.7. The molecule has 0 saturated carbocycles. The normalized spacial score (nSPS) is 26.9. The molecule has 17 heavy (non-hydrogen) atoms. The van der Waals surface area contributed by atoms with Crippen molar-refractivity contribution in [3.05, 3.63) is 6.33 Å². The SMILES string of the molecule is OC1(C(F)(F)F)CCCN(c2ncns2)CC1. The molecule has 2 heterocycles. The quantitative estimate of drug-likeness (QED) is 0.843. The van der Waals surface area contributed by atoms with Crippen molar-refractivity contribution >= 4 is 16.7 Å². The van der Waals surface area contributed by atoms with Crippen molar-refractivity contribution < 1.29 is 18.3 Å². The van der Waals surface area contributed by atoms with Crippen molar-refractivity contribution in [3.8, 4) is 0 Å². The average molecular weight is 267 g/mol. The summed E-state index contributed by atoms with van der Waals surface area (Å²) < 4.78 is 41.9. The summed E-state index contributed by atoms with van der Waals surface area (Å²) in [5.74, 6) is 0. The molecule has 1 aromatic heterocycles. The smallest absolute Gasteiger partial charge is 0.380 e. The molecule has 1 fully saturated rings. The predicted octanol–water partition coefficient (Wildman–Crippen LogP) is 1.82. The summed E-state index contributed by atoms with van der Waals surface area (Å²) in [6.45, 7) is 0.610. The molecule has 1 aliphatic rings. The summed E-state index contributed by atoms with van der Waals surface area (Å²) in [5, 5.41) is 10.2. The van der Waals surface area contributed by atoms with Gasteiger partial charge in [0.25, 0.3) is 0 Å². The molecule has 2 rings (SSSR count). The number of nitrogens with zero attached hydrogens (tertiary/aromatic N) is 3. The van der Waals surface area contributed by atoms with E-state index in [4.69, 9.17) is 0 Å². The van der Waals surface area contributed by atoms with Gasteiger partial charge in [0, 0.05) is 31.0 Å². The Bertz CT molecular complexity index is 370. The van der Waals surface area contributed by atoms with E-state index in [0.29, 0.717) is 11.7 Å². The Morgan fingerprint density at radius 3 is 2.71 bits per heavy atom. The van der Waals surface area contributed by atoms with Crippen LogP contribution in [0.15, 0.2) is 6.33 Å². The van der Waals surface area contributed by atoms with Crippen LogP contribution in [0.3, 0.4) is 0 Å². The molecule has 1 N–H and O–H groups in total. The van der Waals surface area contributed by atoms with Gasteiger partial charge < -0.3 is 10.0 Å². The number of aliphatic hydroxyl groups is 1. The first-order valence-electron chi connectivity index (χ1n) is 5.23. The van der Waals surface area contributed by atoms with E-state index in [9.17, 15) is 18.3 Å². The lowest BCUT2D eigenvalue weighted by Gasteiger charge is -2.29. The number of hydrogen-bond acceptors (Lipinski definition) is 5. The molecule has 4 nitrogen and oxygen atoms in total. The van der Waals surface area contributed by atoms with Crippen molar-refractivity contribution in [1.29, 1.82) is 0 Å². The van der Waals surface area contributed by atoms with Crippen LogP contribution in [-0.4, -0.2) is 39.3 Å². The number of hydrogen-bond donors (Lipinski definition) is 1. The highest BCUT2D eigenvalue weighted by Gasteiger charge is 2.53. The fourth-order valence-corrected chi connectivity index (χ4v) is 2.48. The van der Waals surface area contributed by atoms with Crippen LogP contribution in [0.5, 0.6) is 0 Å². The van der Waals surface area contributed by atoms with Gasteiger partial charge >= 0.3 is 6.18 Å². The highest BCUT2D eigenvalue weighted by molar-refractivity contribution is 7.09. The monoisotopic (exact) mass is 267 g/mol. The average Bonchev–Trinajstić information content (AvgIpc) is 2.67. The van der Waals surface area contributed by atoms with Crippen LogP contribution in [0.4, 0.5) is 18.3 Å². The zero-order chi connectivity index (χ0) is 12.5. The second kappa shape index (κ2) is 4.41. The van der Waals surface area contributed by atoms with Crippen LogP contribution >= 0.6 is 11.5 Å². The number of halogens is 3. The Kier molecular flexibility index (Phi) is 3.26. The van der Waals surface area contributed by atoms with Crippen LogP contribution in [0.1, 0.15) is 19.3 Å². The van der Waals surface area contributed by atoms with E-state index in [1.807, 2.05) is 0 Å². The molecule has 0 bridgehead atoms. The molecule has 0 radical (unpaired) electrons. The Balaban J connectivity index is 2.08. The zero-order valence-electron chi connectivity index (χ0n) is 8.94. The first-order valence-corrected chi connectivity index (χ1v) is 6.00. The first-order chi connectivity index (χ1) is 7.92. The maximum absolute atomic E-state index is 12.7. The molecule has 0 aromatic carbocycles. The second-order valence-electron chi connectivity index (χ2n) is 4.09. The highest BCUT2D eigenvalue weighted by atomic mass is 32.1. The molecule has 8 heteroatoms. The minimum atomic E-state index is -4.57. The molecule has 1 saturated heterocycles. The van der Waals surface area contributed by atoms with Gasteiger partial charge in [-0.3, -0.25) is 0 Å². The Morgan fingerprint density at radius 1 is 1.35 bits per heavy atom. The molecule has 0 amide bonds. The van der Waals surface area contributed by atoms with Crippen molar-refractivity contribution in [2.24, 2.45) is 0 Å². The number of rotatable bonds is 1. The predicted molar refractivity (Wildman–Crippen MR) is 57.0 cm³/mol. The van der Waals surface area contributed by atoms with Gasteiger partial charge in [-0.25, -0.2) is 4.98 Å². The van der Waals surface area contributed by atoms with Gasteiger partial charge in [0.15, 0.2) is 5.60 Å². The molecule has 1 atom stereocenters. The van der Waals surface area contributed by atoms with Gasteiger partial charge in [0.05, 0.1) is 0 Å². The van der Waals surface area contributed by atoms with Gasteiger partial charge in [0.1, 0.15) is 6.33 Å². The van der Waals surface area contributed by atoms with Crippen LogP contribution in [0.2, 0.25) is 0 Å². The van der Waals surface area contributed by atoms with Crippen molar-refractivity contribution in [1.82, 2.24) is 9.36 Å². The maximum Gasteiger partial charge on any atom is 0.417 e. The first kappa shape index (κ1) is 12.6. The summed E-state index contributed by atoms with van der Waals surface area (Å²) in [6, 6.07) is 0. The third-order valence-electron chi connectivity index (χ3n) is 2.96. The standard InChI is InChI=1S/C9H12F3N3OS/c10-9(11,12)8(16)2-1-4-15(5-3-8)7-13-6-14-17-7/h6,16H,1-5H2. The van der Waals surface area contributed by atoms with Gasteiger partial charge in [-0.05, 0) is 12.8 Å². The molecule has 1 unspecified atom stereocenters. The van der Waals surface area contributed by atoms with Gasteiger partial charge in [-0.1, -0.05) is 0 Å². The van der Waals surface area contributed by atoms with Crippen LogP contribution in [-0.2, 0) is 0 Å². The van der Waals surface area contributed by atoms with Crippen LogP contribution < -0.4 is 4.90 Å². The van der Waals surface area contributed by atoms with E-state index in [-0.39, 0.29) is 25.8 Å². The van der Waals surface area contributed by atoms with E-state index in [0.717, 1.165) is 11.5 Å². The van der Waals surface area contributed by atoms with E-state index >= 15 is 0 Å². The third kappa shape index (κ3) is 2.52. The topological polar surface area (TPSA) is 49.2 Å². The summed E-state index contributed by atoms with van der Waals surface area (Å²) in [5.41, 5.74) is -2.56. The molecule has 0 aliphatic carbocycles. The molecular weight excluding hydrogens is 255 g/mol. The molecule has 96 valence electrons. The lowest BCUT2D eigenvalue weighted by Crippen LogP contribution is -2.45. The highest BCUT2D eigenvalue weighted by Crippen LogP contribution is 2.38. The second-order valence-corrected chi connectivity index (χ2v) is 4.85. The van der Waals surface area contributed by atoms with Gasteiger partial charge in [-0.2, -0.15) is 17.5 Å². The lowest BCUT2D eigenvalue weighted by atomic mass is 9.94. The molecule has 1 aliphatic heterocycles. The minimum absolute atomic E-state index is 0.144. The number of anilines is 1. The third-order valence-corrected chi connectivity index (χ3v) is 3.69. The summed E-state index contributed by atoms with van der Waals surface area (Å²) in [6.07, 6.45) is -3.48. The summed E-state index contributed by atoms with van der Waals surface area (Å²) >= 11 is 1.15. The number of aromatic nitrogens is 2. The summed E-state index contributed by atoms with van der Waals surface area (Å²) in [7, 11) is 0. The Hall–Kier alpha value is -0.890. The molecular formula is C9H12F3N3OS. The van der Waals surface area contributed by atoms with Crippen molar-refractivity contribution in [3.63, 3.8) is 0 Å². The van der Waals surface area contributed by atoms with Crippen LogP contribution in [0, 0.1) is 0 Å². The largest absolute Gasteiger partial charge is 0.417 e. The van der Waals surface area contributed by atoms with E-state index in [2.05, 4.69) is 9.36 Å². The minimum Gasteiger partial charge on any atom is -0.380 e. The van der Waals surface area contributed by atoms with E-state index in [1.165, 1.54) is 6.33 Å². The Morgan fingerprint density at radius 2 is 2.12 bits per heavy atom. The van der Waals surface area contributed by atoms with Crippen molar-refractivity contribution in [2.45, 2.75) is 31.0 Å². The molecule has 0 spiro atoms. The van der Waals surface area contributed by atoms with Crippen LogP contribution in [0.25, 0.3) is 0 Å². The molecule has 1 aromatic rings.